The number of hydrogen-bond donors (Lipinski definition) is 1. The minimum Gasteiger partial charge on any atom is -0.478 e. The first-order valence-corrected chi connectivity index (χ1v) is 6.07. The van der Waals surface area contributed by atoms with E-state index in [1.807, 2.05) is 0 Å². The Hall–Kier alpha value is -2.48. The van der Waals surface area contributed by atoms with Crippen molar-refractivity contribution in [3.05, 3.63) is 56.8 Å². The molecule has 20 heavy (non-hydrogen) atoms. The molecule has 0 aliphatic heterocycles. The lowest BCUT2D eigenvalue weighted by Gasteiger charge is -2.08. The van der Waals surface area contributed by atoms with Gasteiger partial charge >= 0.3 is 11.7 Å². The SMILES string of the molecule is O=C(O)c1cccc([N+](=O)[O-])c1Oc1cncc(Br)c1. The summed E-state index contributed by atoms with van der Waals surface area (Å²) >= 11 is 3.18. The lowest BCUT2D eigenvalue weighted by atomic mass is 10.1. The molecule has 2 aromatic rings. The van der Waals surface area contributed by atoms with Crippen molar-refractivity contribution in [1.29, 1.82) is 0 Å². The number of nitro groups is 1. The molecule has 0 bridgehead atoms. The van der Waals surface area contributed by atoms with Crippen LogP contribution in [0.5, 0.6) is 11.5 Å². The molecule has 2 rings (SSSR count). The normalized spacial score (nSPS) is 10.1. The Kier molecular flexibility index (Phi) is 3.94. The average Bonchev–Trinajstić information content (AvgIpc) is 2.38. The molecule has 0 amide bonds. The molecule has 8 heteroatoms. The second-order valence-electron chi connectivity index (χ2n) is 3.66. The Morgan fingerprint density at radius 2 is 2.15 bits per heavy atom. The van der Waals surface area contributed by atoms with Crippen LogP contribution >= 0.6 is 15.9 Å². The summed E-state index contributed by atoms with van der Waals surface area (Å²) < 4.78 is 5.93. The monoisotopic (exact) mass is 338 g/mol. The molecule has 102 valence electrons. The highest BCUT2D eigenvalue weighted by Crippen LogP contribution is 2.35. The van der Waals surface area contributed by atoms with Crippen LogP contribution in [0.15, 0.2) is 41.1 Å². The van der Waals surface area contributed by atoms with E-state index in [-0.39, 0.29) is 17.1 Å². The Balaban J connectivity index is 2.53. The summed E-state index contributed by atoms with van der Waals surface area (Å²) in [5.41, 5.74) is -0.718. The predicted molar refractivity (Wildman–Crippen MR) is 72.1 cm³/mol. The zero-order valence-electron chi connectivity index (χ0n) is 9.82. The van der Waals surface area contributed by atoms with Gasteiger partial charge in [-0.1, -0.05) is 6.07 Å². The van der Waals surface area contributed by atoms with E-state index in [9.17, 15) is 14.9 Å². The average molecular weight is 339 g/mol. The maximum absolute atomic E-state index is 11.1. The van der Waals surface area contributed by atoms with E-state index in [4.69, 9.17) is 9.84 Å². The summed E-state index contributed by atoms with van der Waals surface area (Å²) in [6.07, 6.45) is 2.83. The summed E-state index contributed by atoms with van der Waals surface area (Å²) in [7, 11) is 0. The number of aromatic nitrogens is 1. The van der Waals surface area contributed by atoms with Crippen LogP contribution in [0.3, 0.4) is 0 Å². The van der Waals surface area contributed by atoms with E-state index in [0.717, 1.165) is 0 Å². The van der Waals surface area contributed by atoms with Crippen LogP contribution in [0.4, 0.5) is 5.69 Å². The molecule has 0 aliphatic carbocycles. The fourth-order valence-electron chi connectivity index (χ4n) is 1.51. The summed E-state index contributed by atoms with van der Waals surface area (Å²) in [5, 5.41) is 20.0. The summed E-state index contributed by atoms with van der Waals surface area (Å²) in [4.78, 5) is 25.2. The molecule has 0 radical (unpaired) electrons. The van der Waals surface area contributed by atoms with Gasteiger partial charge < -0.3 is 9.84 Å². The predicted octanol–water partition coefficient (Wildman–Crippen LogP) is 3.24. The number of aromatic carboxylic acids is 1. The fraction of sp³-hybridized carbons (Fsp3) is 0. The van der Waals surface area contributed by atoms with Crippen LogP contribution in [0.25, 0.3) is 0 Å². The molecule has 7 nitrogen and oxygen atoms in total. The number of carboxylic acid groups (broad SMARTS) is 1. The molecule has 0 aliphatic rings. The Morgan fingerprint density at radius 3 is 2.75 bits per heavy atom. The first-order chi connectivity index (χ1) is 9.49. The molecule has 1 heterocycles. The van der Waals surface area contributed by atoms with Crippen molar-refractivity contribution < 1.29 is 19.6 Å². The van der Waals surface area contributed by atoms with Gasteiger partial charge in [0.25, 0.3) is 0 Å². The second kappa shape index (κ2) is 5.66. The lowest BCUT2D eigenvalue weighted by Crippen LogP contribution is -2.03. The van der Waals surface area contributed by atoms with E-state index in [0.29, 0.717) is 4.47 Å². The van der Waals surface area contributed by atoms with Gasteiger partial charge in [0.2, 0.25) is 5.75 Å². The Labute approximate surface area is 121 Å². The molecule has 0 atom stereocenters. The van der Waals surface area contributed by atoms with Gasteiger partial charge in [-0.15, -0.1) is 0 Å². The van der Waals surface area contributed by atoms with Crippen LogP contribution in [-0.4, -0.2) is 21.0 Å². The van der Waals surface area contributed by atoms with E-state index >= 15 is 0 Å². The van der Waals surface area contributed by atoms with Crippen LogP contribution < -0.4 is 4.74 Å². The summed E-state index contributed by atoms with van der Waals surface area (Å²) in [6.45, 7) is 0. The van der Waals surface area contributed by atoms with Gasteiger partial charge in [0.05, 0.1) is 11.1 Å². The number of benzene rings is 1. The molecule has 1 aromatic carbocycles. The number of hydrogen-bond acceptors (Lipinski definition) is 5. The smallest absolute Gasteiger partial charge is 0.339 e. The highest BCUT2D eigenvalue weighted by molar-refractivity contribution is 9.10. The number of rotatable bonds is 4. The molecule has 0 saturated heterocycles. The van der Waals surface area contributed by atoms with Crippen molar-refractivity contribution in [2.45, 2.75) is 0 Å². The number of halogens is 1. The number of ether oxygens (including phenoxy) is 1. The second-order valence-corrected chi connectivity index (χ2v) is 4.57. The topological polar surface area (TPSA) is 103 Å². The number of carboxylic acids is 1. The van der Waals surface area contributed by atoms with E-state index in [1.165, 1.54) is 36.7 Å². The number of nitro benzene ring substituents is 1. The van der Waals surface area contributed by atoms with E-state index < -0.39 is 16.6 Å². The Bertz CT molecular complexity index is 657. The zero-order chi connectivity index (χ0) is 14.7. The minimum absolute atomic E-state index is 0.191. The van der Waals surface area contributed by atoms with Crippen molar-refractivity contribution in [3.8, 4) is 11.5 Å². The quantitative estimate of drug-likeness (QED) is 0.678. The van der Waals surface area contributed by atoms with Crippen LogP contribution in [0.2, 0.25) is 0 Å². The molecule has 0 unspecified atom stereocenters. The third kappa shape index (κ3) is 2.91. The molecule has 1 aromatic heterocycles. The van der Waals surface area contributed by atoms with Crippen molar-refractivity contribution >= 4 is 27.6 Å². The fourth-order valence-corrected chi connectivity index (χ4v) is 1.85. The van der Waals surface area contributed by atoms with Gasteiger partial charge in [0.15, 0.2) is 0 Å². The molecule has 0 saturated carbocycles. The van der Waals surface area contributed by atoms with Crippen molar-refractivity contribution in [3.63, 3.8) is 0 Å². The molecule has 0 spiro atoms. The number of pyridine rings is 1. The van der Waals surface area contributed by atoms with Gasteiger partial charge in [0, 0.05) is 16.7 Å². The number of nitrogens with zero attached hydrogens (tertiary/aromatic N) is 2. The zero-order valence-corrected chi connectivity index (χ0v) is 11.4. The van der Waals surface area contributed by atoms with Crippen LogP contribution in [-0.2, 0) is 0 Å². The van der Waals surface area contributed by atoms with Crippen LogP contribution in [0.1, 0.15) is 10.4 Å². The summed E-state index contributed by atoms with van der Waals surface area (Å²) in [5.74, 6) is -1.45. The summed E-state index contributed by atoms with van der Waals surface area (Å²) in [6, 6.07) is 5.21. The van der Waals surface area contributed by atoms with Gasteiger partial charge in [-0.25, -0.2) is 4.79 Å². The molecular weight excluding hydrogens is 332 g/mol. The Morgan fingerprint density at radius 1 is 1.40 bits per heavy atom. The lowest BCUT2D eigenvalue weighted by molar-refractivity contribution is -0.385. The van der Waals surface area contributed by atoms with Crippen molar-refractivity contribution in [1.82, 2.24) is 4.98 Å². The maximum atomic E-state index is 11.1. The molecule has 1 N–H and O–H groups in total. The van der Waals surface area contributed by atoms with Gasteiger partial charge in [-0.2, -0.15) is 0 Å². The van der Waals surface area contributed by atoms with Gasteiger partial charge in [0.1, 0.15) is 11.3 Å². The highest BCUT2D eigenvalue weighted by atomic mass is 79.9. The third-order valence-electron chi connectivity index (χ3n) is 2.32. The van der Waals surface area contributed by atoms with Crippen molar-refractivity contribution in [2.75, 3.05) is 0 Å². The van der Waals surface area contributed by atoms with Gasteiger partial charge in [-0.05, 0) is 28.1 Å². The van der Waals surface area contributed by atoms with Gasteiger partial charge in [-0.3, -0.25) is 15.1 Å². The van der Waals surface area contributed by atoms with E-state index in [2.05, 4.69) is 20.9 Å². The number of carbonyl (C=O) groups is 1. The number of para-hydroxylation sites is 1. The molecule has 0 fully saturated rings. The minimum atomic E-state index is -1.31. The standard InChI is InChI=1S/C12H7BrN2O5/c13-7-4-8(6-14-5-7)20-11-9(12(16)17)2-1-3-10(11)15(18)19/h1-6H,(H,16,17). The largest absolute Gasteiger partial charge is 0.478 e. The third-order valence-corrected chi connectivity index (χ3v) is 2.75. The first-order valence-electron chi connectivity index (χ1n) is 5.28. The van der Waals surface area contributed by atoms with Crippen molar-refractivity contribution in [2.24, 2.45) is 0 Å². The van der Waals surface area contributed by atoms with Crippen LogP contribution in [0, 0.1) is 10.1 Å². The molecular formula is C12H7BrN2O5. The first kappa shape index (κ1) is 13.9. The highest BCUT2D eigenvalue weighted by Gasteiger charge is 2.23. The maximum Gasteiger partial charge on any atom is 0.339 e. The van der Waals surface area contributed by atoms with E-state index in [1.54, 1.807) is 0 Å².